The van der Waals surface area contributed by atoms with E-state index in [0.717, 1.165) is 11.4 Å². The van der Waals surface area contributed by atoms with Gasteiger partial charge < -0.3 is 34.6 Å². The van der Waals surface area contributed by atoms with E-state index in [1.165, 1.54) is 6.92 Å². The number of ether oxygens (including phenoxy) is 3. The third kappa shape index (κ3) is 10.3. The van der Waals surface area contributed by atoms with Crippen LogP contribution < -0.4 is 10.2 Å². The number of carbonyl (C=O) groups excluding carboxylic acids is 1. The van der Waals surface area contributed by atoms with Crippen LogP contribution in [0.15, 0.2) is 24.3 Å². The topological polar surface area (TPSA) is 100 Å². The van der Waals surface area contributed by atoms with Crippen LogP contribution in [0.5, 0.6) is 0 Å². The van der Waals surface area contributed by atoms with Gasteiger partial charge in [-0.15, -0.1) is 0 Å². The van der Waals surface area contributed by atoms with Gasteiger partial charge in [0, 0.05) is 31.4 Å². The Hall–Kier alpha value is -1.71. The Morgan fingerprint density at radius 3 is 2.12 bits per heavy atom. The van der Waals surface area contributed by atoms with Crippen molar-refractivity contribution in [2.24, 2.45) is 0 Å². The zero-order valence-electron chi connectivity index (χ0n) is 15.4. The molecule has 0 atom stereocenters. The van der Waals surface area contributed by atoms with E-state index >= 15 is 0 Å². The van der Waals surface area contributed by atoms with Crippen molar-refractivity contribution < 1.29 is 29.2 Å². The van der Waals surface area contributed by atoms with E-state index < -0.39 is 0 Å². The van der Waals surface area contributed by atoms with Crippen LogP contribution in [0.3, 0.4) is 0 Å². The molecule has 148 valence electrons. The fraction of sp³-hybridized carbons (Fsp3) is 0.611. The van der Waals surface area contributed by atoms with Gasteiger partial charge in [-0.1, -0.05) is 6.07 Å². The summed E-state index contributed by atoms with van der Waals surface area (Å²) in [4.78, 5) is 13.3. The Balaban J connectivity index is 2.53. The maximum atomic E-state index is 11.2. The van der Waals surface area contributed by atoms with Crippen LogP contribution in [-0.4, -0.2) is 82.1 Å². The number of nitrogens with one attached hydrogen (secondary N) is 1. The van der Waals surface area contributed by atoms with Gasteiger partial charge in [-0.2, -0.15) is 0 Å². The van der Waals surface area contributed by atoms with E-state index in [-0.39, 0.29) is 19.1 Å². The van der Waals surface area contributed by atoms with Gasteiger partial charge in [0.15, 0.2) is 0 Å². The van der Waals surface area contributed by atoms with Crippen molar-refractivity contribution >= 4 is 17.3 Å². The Morgan fingerprint density at radius 2 is 1.54 bits per heavy atom. The first kappa shape index (κ1) is 22.3. The predicted octanol–water partition coefficient (Wildman–Crippen LogP) is 0.486. The van der Waals surface area contributed by atoms with Gasteiger partial charge in [0.05, 0.1) is 52.9 Å². The minimum absolute atomic E-state index is 0.00499. The number of aliphatic hydroxyl groups excluding tert-OH is 2. The van der Waals surface area contributed by atoms with Crippen molar-refractivity contribution in [2.45, 2.75) is 6.92 Å². The van der Waals surface area contributed by atoms with Crippen molar-refractivity contribution in [3.05, 3.63) is 24.3 Å². The van der Waals surface area contributed by atoms with E-state index in [1.807, 2.05) is 24.3 Å². The van der Waals surface area contributed by atoms with E-state index in [4.69, 9.17) is 24.4 Å². The van der Waals surface area contributed by atoms with Crippen LogP contribution in [0.4, 0.5) is 11.4 Å². The lowest BCUT2D eigenvalue weighted by Crippen LogP contribution is -2.31. The third-order valence-electron chi connectivity index (χ3n) is 3.39. The largest absolute Gasteiger partial charge is 0.394 e. The summed E-state index contributed by atoms with van der Waals surface area (Å²) in [5.41, 5.74) is 1.68. The second-order valence-corrected chi connectivity index (χ2v) is 5.50. The smallest absolute Gasteiger partial charge is 0.221 e. The highest BCUT2D eigenvalue weighted by Crippen LogP contribution is 2.19. The summed E-state index contributed by atoms with van der Waals surface area (Å²) in [7, 11) is 0. The number of hydrogen-bond acceptors (Lipinski definition) is 7. The van der Waals surface area contributed by atoms with Gasteiger partial charge in [0.25, 0.3) is 0 Å². The molecule has 1 amide bonds. The Bertz CT molecular complexity index is 500. The fourth-order valence-corrected chi connectivity index (χ4v) is 2.26. The molecule has 0 aliphatic rings. The van der Waals surface area contributed by atoms with E-state index in [1.54, 1.807) is 0 Å². The Morgan fingerprint density at radius 1 is 0.962 bits per heavy atom. The van der Waals surface area contributed by atoms with Crippen LogP contribution >= 0.6 is 0 Å². The lowest BCUT2D eigenvalue weighted by molar-refractivity contribution is -0.114. The third-order valence-corrected chi connectivity index (χ3v) is 3.39. The lowest BCUT2D eigenvalue weighted by atomic mass is 10.2. The van der Waals surface area contributed by atoms with Crippen molar-refractivity contribution in [1.82, 2.24) is 0 Å². The number of rotatable bonds is 15. The average Bonchev–Trinajstić information content (AvgIpc) is 2.62. The summed E-state index contributed by atoms with van der Waals surface area (Å²) in [6.07, 6.45) is 0. The maximum absolute atomic E-state index is 11.2. The van der Waals surface area contributed by atoms with E-state index in [9.17, 15) is 4.79 Å². The summed E-state index contributed by atoms with van der Waals surface area (Å²) in [5, 5.41) is 20.2. The number of benzene rings is 1. The zero-order chi connectivity index (χ0) is 19.0. The first-order chi connectivity index (χ1) is 12.7. The first-order valence-electron chi connectivity index (χ1n) is 8.75. The molecule has 0 fully saturated rings. The molecular formula is C18H30N2O6. The monoisotopic (exact) mass is 370 g/mol. The molecule has 0 spiro atoms. The molecule has 0 saturated heterocycles. The molecule has 0 saturated carbocycles. The van der Waals surface area contributed by atoms with Gasteiger partial charge in [-0.25, -0.2) is 0 Å². The molecular weight excluding hydrogens is 340 g/mol. The van der Waals surface area contributed by atoms with Crippen molar-refractivity contribution in [2.75, 3.05) is 76.2 Å². The van der Waals surface area contributed by atoms with Crippen LogP contribution in [0.25, 0.3) is 0 Å². The molecule has 1 aromatic carbocycles. The zero-order valence-corrected chi connectivity index (χ0v) is 15.4. The number of carbonyl (C=O) groups is 1. The highest BCUT2D eigenvalue weighted by Gasteiger charge is 2.08. The first-order valence-corrected chi connectivity index (χ1v) is 8.75. The quantitative estimate of drug-likeness (QED) is 0.386. The number of hydrogen-bond donors (Lipinski definition) is 3. The van der Waals surface area contributed by atoms with Crippen molar-refractivity contribution in [1.29, 1.82) is 0 Å². The van der Waals surface area contributed by atoms with Gasteiger partial charge in [-0.3, -0.25) is 4.79 Å². The molecule has 1 aromatic rings. The molecule has 8 nitrogen and oxygen atoms in total. The van der Waals surface area contributed by atoms with Crippen molar-refractivity contribution in [3.8, 4) is 0 Å². The van der Waals surface area contributed by atoms with Gasteiger partial charge in [-0.05, 0) is 18.2 Å². The van der Waals surface area contributed by atoms with Crippen molar-refractivity contribution in [3.63, 3.8) is 0 Å². The molecule has 0 radical (unpaired) electrons. The van der Waals surface area contributed by atoms with E-state index in [0.29, 0.717) is 52.7 Å². The summed E-state index contributed by atoms with van der Waals surface area (Å²) in [5.74, 6) is -0.119. The molecule has 0 aliphatic heterocycles. The van der Waals surface area contributed by atoms with Crippen LogP contribution in [0.2, 0.25) is 0 Å². The highest BCUT2D eigenvalue weighted by molar-refractivity contribution is 5.89. The van der Waals surface area contributed by atoms with Gasteiger partial charge in [0.1, 0.15) is 0 Å². The van der Waals surface area contributed by atoms with Crippen LogP contribution in [0.1, 0.15) is 6.92 Å². The minimum Gasteiger partial charge on any atom is -0.394 e. The highest BCUT2D eigenvalue weighted by atomic mass is 16.5. The summed E-state index contributed by atoms with van der Waals surface area (Å²) in [6, 6.07) is 7.58. The molecule has 0 aliphatic carbocycles. The summed E-state index contributed by atoms with van der Waals surface area (Å²) < 4.78 is 16.1. The standard InChI is InChI=1S/C18H30N2O6/c1-16(23)19-17-3-2-4-18(15-17)20(5-9-24-11-7-21)6-10-25-13-14-26-12-8-22/h2-4,15,21-22H,5-14H2,1H3,(H,19,23). The second-order valence-electron chi connectivity index (χ2n) is 5.50. The second kappa shape index (κ2) is 14.5. The maximum Gasteiger partial charge on any atom is 0.221 e. The van der Waals surface area contributed by atoms with Gasteiger partial charge in [0.2, 0.25) is 5.91 Å². The molecule has 1 rings (SSSR count). The predicted molar refractivity (Wildman–Crippen MR) is 99.6 cm³/mol. The molecule has 0 aromatic heterocycles. The SMILES string of the molecule is CC(=O)Nc1cccc(N(CCOCCO)CCOCCOCCO)c1. The molecule has 0 unspecified atom stereocenters. The molecule has 3 N–H and O–H groups in total. The van der Waals surface area contributed by atoms with E-state index in [2.05, 4.69) is 10.2 Å². The normalized spacial score (nSPS) is 10.7. The minimum atomic E-state index is -0.119. The fourth-order valence-electron chi connectivity index (χ4n) is 2.26. The molecule has 26 heavy (non-hydrogen) atoms. The Kier molecular flexibility index (Phi) is 12.4. The van der Waals surface area contributed by atoms with Crippen LogP contribution in [0, 0.1) is 0 Å². The summed E-state index contributed by atoms with van der Waals surface area (Å²) in [6.45, 7) is 5.25. The van der Waals surface area contributed by atoms with Gasteiger partial charge >= 0.3 is 0 Å². The Labute approximate surface area is 154 Å². The number of aliphatic hydroxyl groups is 2. The molecule has 8 heteroatoms. The summed E-state index contributed by atoms with van der Waals surface area (Å²) >= 11 is 0. The average molecular weight is 370 g/mol. The number of amides is 1. The number of nitrogens with zero attached hydrogens (tertiary/aromatic N) is 1. The van der Waals surface area contributed by atoms with Crippen LogP contribution in [-0.2, 0) is 19.0 Å². The molecule has 0 heterocycles. The molecule has 0 bridgehead atoms. The number of anilines is 2. The lowest BCUT2D eigenvalue weighted by Gasteiger charge is -2.25.